The number of amides is 1. The average Bonchev–Trinajstić information content (AvgIpc) is 2.60. The minimum Gasteiger partial charge on any atom is -0.494 e. The summed E-state index contributed by atoms with van der Waals surface area (Å²) in [6, 6.07) is 13.0. The first-order valence-corrected chi connectivity index (χ1v) is 7.49. The third kappa shape index (κ3) is 4.70. The molecule has 0 heterocycles. The smallest absolute Gasteiger partial charge is 0.282 e. The lowest BCUT2D eigenvalue weighted by atomic mass is 10.1. The van der Waals surface area contributed by atoms with E-state index in [9.17, 15) is 14.9 Å². The van der Waals surface area contributed by atoms with E-state index in [0.717, 1.165) is 5.75 Å². The fourth-order valence-corrected chi connectivity index (χ4v) is 2.05. The molecule has 0 aliphatic rings. The van der Waals surface area contributed by atoms with Crippen molar-refractivity contribution in [3.8, 4) is 11.5 Å². The molecule has 0 spiro atoms. The summed E-state index contributed by atoms with van der Waals surface area (Å²) in [5.74, 6) is 0.908. The van der Waals surface area contributed by atoms with Crippen molar-refractivity contribution in [2.45, 2.75) is 6.92 Å². The first-order chi connectivity index (χ1) is 11.6. The van der Waals surface area contributed by atoms with Crippen LogP contribution >= 0.6 is 0 Å². The van der Waals surface area contributed by atoms with Crippen LogP contribution in [0.4, 0.5) is 5.69 Å². The van der Waals surface area contributed by atoms with Crippen LogP contribution in [0, 0.1) is 10.1 Å². The van der Waals surface area contributed by atoms with E-state index in [1.165, 1.54) is 18.2 Å². The summed E-state index contributed by atoms with van der Waals surface area (Å²) in [5, 5.41) is 13.5. The predicted octanol–water partition coefficient (Wildman–Crippen LogP) is 2.80. The molecule has 0 aliphatic heterocycles. The number of ether oxygens (including phenoxy) is 2. The highest BCUT2D eigenvalue weighted by Gasteiger charge is 2.18. The molecule has 0 saturated carbocycles. The van der Waals surface area contributed by atoms with Gasteiger partial charge in [0.25, 0.3) is 11.6 Å². The number of hydrogen-bond donors (Lipinski definition) is 1. The Morgan fingerprint density at radius 1 is 1.08 bits per heavy atom. The third-order valence-corrected chi connectivity index (χ3v) is 3.14. The highest BCUT2D eigenvalue weighted by Crippen LogP contribution is 2.18. The number of rotatable bonds is 8. The second kappa shape index (κ2) is 8.52. The second-order valence-corrected chi connectivity index (χ2v) is 4.78. The number of nitrogens with one attached hydrogen (secondary N) is 1. The van der Waals surface area contributed by atoms with Gasteiger partial charge in [0.05, 0.1) is 18.1 Å². The van der Waals surface area contributed by atoms with Gasteiger partial charge in [0, 0.05) is 6.07 Å². The number of para-hydroxylation sites is 1. The molecule has 126 valence electrons. The molecular weight excluding hydrogens is 312 g/mol. The maximum atomic E-state index is 12.0. The molecule has 0 atom stereocenters. The maximum Gasteiger partial charge on any atom is 0.282 e. The van der Waals surface area contributed by atoms with Crippen LogP contribution in [0.5, 0.6) is 11.5 Å². The lowest BCUT2D eigenvalue weighted by Crippen LogP contribution is -2.28. The number of carbonyl (C=O) groups is 1. The Morgan fingerprint density at radius 3 is 2.33 bits per heavy atom. The van der Waals surface area contributed by atoms with E-state index in [2.05, 4.69) is 5.32 Å². The van der Waals surface area contributed by atoms with Gasteiger partial charge in [-0.05, 0) is 37.3 Å². The van der Waals surface area contributed by atoms with Gasteiger partial charge in [-0.1, -0.05) is 12.1 Å². The zero-order valence-electron chi connectivity index (χ0n) is 13.2. The van der Waals surface area contributed by atoms with Crippen LogP contribution in [0.25, 0.3) is 0 Å². The number of nitro groups is 1. The minimum atomic E-state index is -0.578. The molecule has 0 bridgehead atoms. The van der Waals surface area contributed by atoms with E-state index in [0.29, 0.717) is 12.4 Å². The van der Waals surface area contributed by atoms with Crippen LogP contribution in [0.2, 0.25) is 0 Å². The molecule has 24 heavy (non-hydrogen) atoms. The van der Waals surface area contributed by atoms with Crippen molar-refractivity contribution in [3.63, 3.8) is 0 Å². The van der Waals surface area contributed by atoms with Crippen molar-refractivity contribution >= 4 is 11.6 Å². The normalized spacial score (nSPS) is 10.0. The Hall–Kier alpha value is -3.09. The summed E-state index contributed by atoms with van der Waals surface area (Å²) >= 11 is 0. The molecule has 0 radical (unpaired) electrons. The largest absolute Gasteiger partial charge is 0.494 e. The van der Waals surface area contributed by atoms with Gasteiger partial charge in [-0.25, -0.2) is 0 Å². The molecule has 7 nitrogen and oxygen atoms in total. The van der Waals surface area contributed by atoms with E-state index in [1.807, 2.05) is 6.92 Å². The molecule has 2 aromatic carbocycles. The highest BCUT2D eigenvalue weighted by molar-refractivity contribution is 5.98. The van der Waals surface area contributed by atoms with Crippen LogP contribution in [0.1, 0.15) is 17.3 Å². The molecule has 0 aromatic heterocycles. The predicted molar refractivity (Wildman–Crippen MR) is 88.5 cm³/mol. The fraction of sp³-hybridized carbons (Fsp3) is 0.235. The van der Waals surface area contributed by atoms with Crippen LogP contribution in [0.3, 0.4) is 0 Å². The minimum absolute atomic E-state index is 0.0311. The van der Waals surface area contributed by atoms with Gasteiger partial charge in [-0.15, -0.1) is 0 Å². The lowest BCUT2D eigenvalue weighted by molar-refractivity contribution is -0.385. The third-order valence-electron chi connectivity index (χ3n) is 3.14. The summed E-state index contributed by atoms with van der Waals surface area (Å²) in [6.45, 7) is 2.99. The first-order valence-electron chi connectivity index (χ1n) is 7.49. The van der Waals surface area contributed by atoms with Crippen LogP contribution < -0.4 is 14.8 Å². The van der Waals surface area contributed by atoms with Gasteiger partial charge < -0.3 is 14.8 Å². The Kier molecular flexibility index (Phi) is 6.13. The Morgan fingerprint density at radius 2 is 1.71 bits per heavy atom. The second-order valence-electron chi connectivity index (χ2n) is 4.78. The molecule has 2 aromatic rings. The SMILES string of the molecule is CCOc1ccc(OCCNC(=O)c2ccccc2[N+](=O)[O-])cc1. The number of nitro benzene ring substituents is 1. The van der Waals surface area contributed by atoms with Crippen molar-refractivity contribution in [1.29, 1.82) is 0 Å². The van der Waals surface area contributed by atoms with E-state index in [-0.39, 0.29) is 24.4 Å². The zero-order chi connectivity index (χ0) is 17.4. The Balaban J connectivity index is 1.82. The summed E-state index contributed by atoms with van der Waals surface area (Å²) in [5.41, 5.74) is -0.189. The molecule has 2 rings (SSSR count). The molecule has 0 saturated heterocycles. The number of benzene rings is 2. The summed E-state index contributed by atoms with van der Waals surface area (Å²) in [6.07, 6.45) is 0. The summed E-state index contributed by atoms with van der Waals surface area (Å²) < 4.78 is 10.8. The average molecular weight is 330 g/mol. The topological polar surface area (TPSA) is 90.7 Å². The van der Waals surface area contributed by atoms with E-state index < -0.39 is 10.8 Å². The van der Waals surface area contributed by atoms with E-state index in [4.69, 9.17) is 9.47 Å². The molecule has 7 heteroatoms. The van der Waals surface area contributed by atoms with Gasteiger partial charge in [-0.2, -0.15) is 0 Å². The van der Waals surface area contributed by atoms with Gasteiger partial charge in [-0.3, -0.25) is 14.9 Å². The quantitative estimate of drug-likeness (QED) is 0.456. The standard InChI is InChI=1S/C17H18N2O5/c1-2-23-13-7-9-14(10-8-13)24-12-11-18-17(20)15-5-3-4-6-16(15)19(21)22/h3-10H,2,11-12H2,1H3,(H,18,20). The Bertz CT molecular complexity index is 700. The van der Waals surface area contributed by atoms with Crippen LogP contribution in [0.15, 0.2) is 48.5 Å². The van der Waals surface area contributed by atoms with Gasteiger partial charge in [0.2, 0.25) is 0 Å². The van der Waals surface area contributed by atoms with E-state index in [1.54, 1.807) is 30.3 Å². The number of hydrogen-bond acceptors (Lipinski definition) is 5. The van der Waals surface area contributed by atoms with Crippen molar-refractivity contribution < 1.29 is 19.2 Å². The highest BCUT2D eigenvalue weighted by atomic mass is 16.6. The van der Waals surface area contributed by atoms with Crippen molar-refractivity contribution in [1.82, 2.24) is 5.32 Å². The van der Waals surface area contributed by atoms with Gasteiger partial charge >= 0.3 is 0 Å². The first kappa shape index (κ1) is 17.3. The lowest BCUT2D eigenvalue weighted by Gasteiger charge is -2.09. The molecule has 0 aliphatic carbocycles. The van der Waals surface area contributed by atoms with Crippen molar-refractivity contribution in [2.75, 3.05) is 19.8 Å². The molecular formula is C17H18N2O5. The summed E-state index contributed by atoms with van der Waals surface area (Å²) in [4.78, 5) is 22.3. The molecule has 0 unspecified atom stereocenters. The van der Waals surface area contributed by atoms with Crippen LogP contribution in [-0.2, 0) is 0 Å². The summed E-state index contributed by atoms with van der Waals surface area (Å²) in [7, 11) is 0. The van der Waals surface area contributed by atoms with E-state index >= 15 is 0 Å². The zero-order valence-corrected chi connectivity index (χ0v) is 13.2. The number of nitrogens with zero attached hydrogens (tertiary/aromatic N) is 1. The van der Waals surface area contributed by atoms with Gasteiger partial charge in [0.1, 0.15) is 23.7 Å². The van der Waals surface area contributed by atoms with Crippen LogP contribution in [-0.4, -0.2) is 30.6 Å². The fourth-order valence-electron chi connectivity index (χ4n) is 2.05. The molecule has 0 fully saturated rings. The van der Waals surface area contributed by atoms with Crippen molar-refractivity contribution in [2.24, 2.45) is 0 Å². The maximum absolute atomic E-state index is 12.0. The van der Waals surface area contributed by atoms with Crippen molar-refractivity contribution in [3.05, 3.63) is 64.2 Å². The van der Waals surface area contributed by atoms with Gasteiger partial charge in [0.15, 0.2) is 0 Å². The Labute approximate surface area is 139 Å². The monoisotopic (exact) mass is 330 g/mol. The number of carbonyl (C=O) groups excluding carboxylic acids is 1. The molecule has 1 amide bonds. The molecule has 1 N–H and O–H groups in total.